The number of nitrogens with one attached hydrogen (secondary N) is 1. The lowest BCUT2D eigenvalue weighted by Crippen LogP contribution is -2.38. The van der Waals surface area contributed by atoms with Crippen LogP contribution in [-0.2, 0) is 9.53 Å². The summed E-state index contributed by atoms with van der Waals surface area (Å²) in [6.07, 6.45) is 0.0818. The van der Waals surface area contributed by atoms with Crippen LogP contribution in [0.15, 0.2) is 17.5 Å². The van der Waals surface area contributed by atoms with Crippen LogP contribution >= 0.6 is 11.3 Å². The molecule has 0 amide bonds. The van der Waals surface area contributed by atoms with Crippen molar-refractivity contribution in [2.45, 2.75) is 26.3 Å². The van der Waals surface area contributed by atoms with Crippen molar-refractivity contribution < 1.29 is 14.3 Å². The highest BCUT2D eigenvalue weighted by Crippen LogP contribution is 2.13. The van der Waals surface area contributed by atoms with E-state index >= 15 is 0 Å². The van der Waals surface area contributed by atoms with Crippen LogP contribution in [0.5, 0.6) is 0 Å². The molecule has 94 valence electrons. The summed E-state index contributed by atoms with van der Waals surface area (Å²) in [7, 11) is 0. The Morgan fingerprint density at radius 3 is 2.76 bits per heavy atom. The van der Waals surface area contributed by atoms with Gasteiger partial charge in [-0.2, -0.15) is 0 Å². The molecule has 5 heteroatoms. The zero-order valence-electron chi connectivity index (χ0n) is 10.1. The molecule has 1 atom stereocenters. The first kappa shape index (κ1) is 13.9. The molecular formula is C12H17NO3S. The van der Waals surface area contributed by atoms with Gasteiger partial charge >= 0.3 is 5.97 Å². The third-order valence-corrected chi connectivity index (χ3v) is 3.09. The molecule has 1 aromatic rings. The molecule has 1 aromatic heterocycles. The molecule has 0 bridgehead atoms. The number of carbonyl (C=O) groups is 2. The molecule has 1 N–H and O–H groups in total. The van der Waals surface area contributed by atoms with Crippen molar-refractivity contribution in [3.8, 4) is 0 Å². The minimum atomic E-state index is -0.488. The average Bonchev–Trinajstić information content (AvgIpc) is 2.81. The molecule has 0 aliphatic heterocycles. The molecule has 17 heavy (non-hydrogen) atoms. The van der Waals surface area contributed by atoms with Crippen LogP contribution in [0.4, 0.5) is 0 Å². The minimum Gasteiger partial charge on any atom is -0.466 e. The third kappa shape index (κ3) is 4.28. The van der Waals surface area contributed by atoms with Crippen molar-refractivity contribution in [2.75, 3.05) is 13.2 Å². The monoisotopic (exact) mass is 255 g/mol. The average molecular weight is 255 g/mol. The summed E-state index contributed by atoms with van der Waals surface area (Å²) >= 11 is 1.38. The molecule has 4 nitrogen and oxygen atoms in total. The maximum absolute atomic E-state index is 12.1. The molecule has 0 saturated heterocycles. The van der Waals surface area contributed by atoms with E-state index in [4.69, 9.17) is 4.74 Å². The molecular weight excluding hydrogens is 238 g/mol. The first-order valence-electron chi connectivity index (χ1n) is 5.65. The number of ether oxygens (including phenoxy) is 1. The predicted molar refractivity (Wildman–Crippen MR) is 67.4 cm³/mol. The lowest BCUT2D eigenvalue weighted by Gasteiger charge is -2.14. The number of carbonyl (C=O) groups excluding carboxylic acids is 2. The van der Waals surface area contributed by atoms with Gasteiger partial charge in [-0.15, -0.1) is 11.3 Å². The minimum absolute atomic E-state index is 0.0464. The molecule has 1 heterocycles. The van der Waals surface area contributed by atoms with Gasteiger partial charge in [0.2, 0.25) is 0 Å². The Balaban J connectivity index is 2.65. The predicted octanol–water partition coefficient (Wildman–Crippen LogP) is 1.86. The highest BCUT2D eigenvalue weighted by Gasteiger charge is 2.23. The molecule has 0 saturated carbocycles. The van der Waals surface area contributed by atoms with Gasteiger partial charge in [-0.3, -0.25) is 9.59 Å². The van der Waals surface area contributed by atoms with E-state index in [1.165, 1.54) is 11.3 Å². The molecule has 1 unspecified atom stereocenters. The Hall–Kier alpha value is -1.20. The van der Waals surface area contributed by atoms with E-state index < -0.39 is 6.04 Å². The van der Waals surface area contributed by atoms with Crippen molar-refractivity contribution in [3.05, 3.63) is 22.4 Å². The van der Waals surface area contributed by atoms with Crippen LogP contribution < -0.4 is 5.32 Å². The van der Waals surface area contributed by atoms with E-state index in [1.807, 2.05) is 18.4 Å². The van der Waals surface area contributed by atoms with Gasteiger partial charge in [0.15, 0.2) is 5.78 Å². The first-order chi connectivity index (χ1) is 8.19. The quantitative estimate of drug-likeness (QED) is 0.597. The van der Waals surface area contributed by atoms with Crippen LogP contribution in [-0.4, -0.2) is 30.9 Å². The van der Waals surface area contributed by atoms with Gasteiger partial charge in [0, 0.05) is 0 Å². The van der Waals surface area contributed by atoms with Gasteiger partial charge < -0.3 is 10.1 Å². The molecule has 0 aromatic carbocycles. The standard InChI is InChI=1S/C12H17NO3S/c1-3-13-9(8-11(14)16-4-2)12(15)10-6-5-7-17-10/h5-7,9,13H,3-4,8H2,1-2H3. The van der Waals surface area contributed by atoms with Crippen molar-refractivity contribution in [3.63, 3.8) is 0 Å². The Bertz CT molecular complexity index is 362. The fourth-order valence-corrected chi connectivity index (χ4v) is 2.20. The van der Waals surface area contributed by atoms with Gasteiger partial charge in [0.25, 0.3) is 0 Å². The number of Topliss-reactive ketones (excluding diaryl/α,β-unsaturated/α-hetero) is 1. The van der Waals surface area contributed by atoms with Crippen LogP contribution in [0, 0.1) is 0 Å². The van der Waals surface area contributed by atoms with Crippen LogP contribution in [0.2, 0.25) is 0 Å². The van der Waals surface area contributed by atoms with Gasteiger partial charge in [-0.25, -0.2) is 0 Å². The van der Waals surface area contributed by atoms with Crippen LogP contribution in [0.25, 0.3) is 0 Å². The fraction of sp³-hybridized carbons (Fsp3) is 0.500. The van der Waals surface area contributed by atoms with Crippen LogP contribution in [0.3, 0.4) is 0 Å². The normalized spacial score (nSPS) is 12.1. The zero-order valence-corrected chi connectivity index (χ0v) is 10.9. The molecule has 0 aliphatic carbocycles. The lowest BCUT2D eigenvalue weighted by atomic mass is 10.1. The fourth-order valence-electron chi connectivity index (χ4n) is 1.48. The number of hydrogen-bond acceptors (Lipinski definition) is 5. The highest BCUT2D eigenvalue weighted by atomic mass is 32.1. The summed E-state index contributed by atoms with van der Waals surface area (Å²) in [6, 6.07) is 3.10. The largest absolute Gasteiger partial charge is 0.466 e. The van der Waals surface area contributed by atoms with Crippen LogP contribution in [0.1, 0.15) is 29.9 Å². The van der Waals surface area contributed by atoms with Gasteiger partial charge in [-0.05, 0) is 24.9 Å². The van der Waals surface area contributed by atoms with Crippen molar-refractivity contribution in [1.82, 2.24) is 5.32 Å². The molecule has 1 rings (SSSR count). The Kier molecular flexibility index (Phi) is 5.86. The number of ketones is 1. The SMILES string of the molecule is CCNC(CC(=O)OCC)C(=O)c1cccs1. The molecule has 0 fully saturated rings. The number of thiophene rings is 1. The Morgan fingerprint density at radius 1 is 1.47 bits per heavy atom. The number of hydrogen-bond donors (Lipinski definition) is 1. The summed E-state index contributed by atoms with van der Waals surface area (Å²) in [6.45, 7) is 4.63. The number of esters is 1. The third-order valence-electron chi connectivity index (χ3n) is 2.21. The summed E-state index contributed by atoms with van der Waals surface area (Å²) in [4.78, 5) is 24.1. The second-order valence-corrected chi connectivity index (χ2v) is 4.41. The van der Waals surface area contributed by atoms with E-state index in [1.54, 1.807) is 13.0 Å². The van der Waals surface area contributed by atoms with E-state index in [2.05, 4.69) is 5.32 Å². The first-order valence-corrected chi connectivity index (χ1v) is 6.53. The number of rotatable bonds is 7. The molecule has 0 spiro atoms. The zero-order chi connectivity index (χ0) is 12.7. The van der Waals surface area contributed by atoms with Gasteiger partial charge in [0.1, 0.15) is 0 Å². The van der Waals surface area contributed by atoms with E-state index in [0.29, 0.717) is 18.0 Å². The number of likely N-dealkylation sites (N-methyl/N-ethyl adjacent to an activating group) is 1. The van der Waals surface area contributed by atoms with Crippen molar-refractivity contribution in [1.29, 1.82) is 0 Å². The lowest BCUT2D eigenvalue weighted by molar-refractivity contribution is -0.143. The van der Waals surface area contributed by atoms with Gasteiger partial charge in [-0.1, -0.05) is 13.0 Å². The highest BCUT2D eigenvalue weighted by molar-refractivity contribution is 7.12. The second kappa shape index (κ2) is 7.19. The summed E-state index contributed by atoms with van der Waals surface area (Å²) in [5.74, 6) is -0.391. The van der Waals surface area contributed by atoms with E-state index in [-0.39, 0.29) is 18.2 Å². The molecule has 0 radical (unpaired) electrons. The summed E-state index contributed by atoms with van der Waals surface area (Å²) in [5, 5.41) is 4.86. The topological polar surface area (TPSA) is 55.4 Å². The van der Waals surface area contributed by atoms with E-state index in [9.17, 15) is 9.59 Å². The molecule has 0 aliphatic rings. The second-order valence-electron chi connectivity index (χ2n) is 3.46. The Morgan fingerprint density at radius 2 is 2.24 bits per heavy atom. The Labute approximate surface area is 105 Å². The van der Waals surface area contributed by atoms with Gasteiger partial charge in [0.05, 0.1) is 23.9 Å². The van der Waals surface area contributed by atoms with Crippen molar-refractivity contribution in [2.24, 2.45) is 0 Å². The maximum atomic E-state index is 12.1. The van der Waals surface area contributed by atoms with E-state index in [0.717, 1.165) is 0 Å². The maximum Gasteiger partial charge on any atom is 0.307 e. The van der Waals surface area contributed by atoms with Crippen molar-refractivity contribution >= 4 is 23.1 Å². The smallest absolute Gasteiger partial charge is 0.307 e. The summed E-state index contributed by atoms with van der Waals surface area (Å²) < 4.78 is 4.86. The summed E-state index contributed by atoms with van der Waals surface area (Å²) in [5.41, 5.74) is 0.